The summed E-state index contributed by atoms with van der Waals surface area (Å²) in [4.78, 5) is 23.7. The number of nitrogens with one attached hydrogen (secondary N) is 1. The number of hydrogen-bond donors (Lipinski definition) is 1. The Labute approximate surface area is 145 Å². The van der Waals surface area contributed by atoms with E-state index in [0.717, 1.165) is 11.1 Å². The molecule has 0 saturated heterocycles. The van der Waals surface area contributed by atoms with Gasteiger partial charge >= 0.3 is 5.97 Å². The number of carbonyl (C=O) groups excluding carboxylic acids is 2. The van der Waals surface area contributed by atoms with Crippen LogP contribution >= 0.6 is 0 Å². The topological polar surface area (TPSA) is 64.6 Å². The number of hydrogen-bond acceptors (Lipinski definition) is 4. The second-order valence-electron chi connectivity index (χ2n) is 5.53. The van der Waals surface area contributed by atoms with Gasteiger partial charge in [-0.05, 0) is 43.2 Å². The molecule has 0 aliphatic heterocycles. The summed E-state index contributed by atoms with van der Waals surface area (Å²) in [6.07, 6.45) is -0.951. The first kappa shape index (κ1) is 18.4. The van der Waals surface area contributed by atoms with Gasteiger partial charge in [-0.15, -0.1) is 0 Å². The first-order chi connectivity index (χ1) is 12.0. The standard InChI is InChI=1S/C19H20FNO4/c1-13-5-3-4-6-17(13)24-12-18(22)25-14(2)19(23)21-11-15-7-9-16(20)10-8-15/h3-10,14H,11-12H2,1-2H3,(H,21,23). The Balaban J connectivity index is 1.75. The number of rotatable bonds is 7. The van der Waals surface area contributed by atoms with Crippen molar-refractivity contribution in [3.63, 3.8) is 0 Å². The Hall–Kier alpha value is -2.89. The molecule has 5 nitrogen and oxygen atoms in total. The zero-order valence-electron chi connectivity index (χ0n) is 14.1. The quantitative estimate of drug-likeness (QED) is 0.784. The second kappa shape index (κ2) is 8.82. The van der Waals surface area contributed by atoms with E-state index in [9.17, 15) is 14.0 Å². The molecule has 0 heterocycles. The lowest BCUT2D eigenvalue weighted by molar-refractivity contribution is -0.156. The third kappa shape index (κ3) is 5.91. The molecule has 0 aliphatic carbocycles. The molecule has 1 amide bonds. The molecule has 0 bridgehead atoms. The van der Waals surface area contributed by atoms with Crippen molar-refractivity contribution in [2.24, 2.45) is 0 Å². The number of esters is 1. The number of amides is 1. The lowest BCUT2D eigenvalue weighted by Crippen LogP contribution is -2.36. The first-order valence-electron chi connectivity index (χ1n) is 7.86. The van der Waals surface area contributed by atoms with Crippen LogP contribution in [0.15, 0.2) is 48.5 Å². The summed E-state index contributed by atoms with van der Waals surface area (Å²) in [6.45, 7) is 3.29. The Morgan fingerprint density at radius 2 is 1.80 bits per heavy atom. The van der Waals surface area contributed by atoms with E-state index in [-0.39, 0.29) is 19.0 Å². The average molecular weight is 345 g/mol. The van der Waals surface area contributed by atoms with Gasteiger partial charge < -0.3 is 14.8 Å². The fourth-order valence-electron chi connectivity index (χ4n) is 2.07. The lowest BCUT2D eigenvalue weighted by atomic mass is 10.2. The summed E-state index contributed by atoms with van der Waals surface area (Å²) >= 11 is 0. The third-order valence-corrected chi connectivity index (χ3v) is 3.50. The molecule has 2 aromatic carbocycles. The number of benzene rings is 2. The van der Waals surface area contributed by atoms with Crippen LogP contribution in [0, 0.1) is 12.7 Å². The molecule has 1 N–H and O–H groups in total. The van der Waals surface area contributed by atoms with E-state index < -0.39 is 18.0 Å². The van der Waals surface area contributed by atoms with E-state index in [0.29, 0.717) is 5.75 Å². The fraction of sp³-hybridized carbons (Fsp3) is 0.263. The van der Waals surface area contributed by atoms with Gasteiger partial charge in [0.05, 0.1) is 0 Å². The van der Waals surface area contributed by atoms with Crippen LogP contribution in [0.3, 0.4) is 0 Å². The number of carbonyl (C=O) groups is 2. The van der Waals surface area contributed by atoms with Gasteiger partial charge in [0.2, 0.25) is 0 Å². The van der Waals surface area contributed by atoms with Crippen molar-refractivity contribution in [2.45, 2.75) is 26.5 Å². The van der Waals surface area contributed by atoms with Gasteiger partial charge in [0.1, 0.15) is 11.6 Å². The van der Waals surface area contributed by atoms with Gasteiger partial charge in [-0.25, -0.2) is 9.18 Å². The molecule has 0 radical (unpaired) electrons. The summed E-state index contributed by atoms with van der Waals surface area (Å²) in [5.41, 5.74) is 1.65. The largest absolute Gasteiger partial charge is 0.482 e. The third-order valence-electron chi connectivity index (χ3n) is 3.50. The minimum atomic E-state index is -0.951. The van der Waals surface area contributed by atoms with E-state index in [1.165, 1.54) is 19.1 Å². The Morgan fingerprint density at radius 3 is 2.48 bits per heavy atom. The molecule has 0 saturated carbocycles. The molecule has 0 aliphatic rings. The maximum absolute atomic E-state index is 12.8. The van der Waals surface area contributed by atoms with Crippen LogP contribution in [0.2, 0.25) is 0 Å². The highest BCUT2D eigenvalue weighted by atomic mass is 19.1. The van der Waals surface area contributed by atoms with E-state index >= 15 is 0 Å². The highest BCUT2D eigenvalue weighted by Crippen LogP contribution is 2.16. The second-order valence-corrected chi connectivity index (χ2v) is 5.53. The maximum atomic E-state index is 12.8. The van der Waals surface area contributed by atoms with Crippen molar-refractivity contribution in [2.75, 3.05) is 6.61 Å². The predicted molar refractivity (Wildman–Crippen MR) is 90.5 cm³/mol. The van der Waals surface area contributed by atoms with Gasteiger partial charge in [0.15, 0.2) is 12.7 Å². The molecule has 1 unspecified atom stereocenters. The molecule has 1 atom stereocenters. The number of ether oxygens (including phenoxy) is 2. The molecule has 132 valence electrons. The van der Waals surface area contributed by atoms with Crippen molar-refractivity contribution < 1.29 is 23.5 Å². The molecular weight excluding hydrogens is 325 g/mol. The molecule has 25 heavy (non-hydrogen) atoms. The van der Waals surface area contributed by atoms with Gasteiger partial charge in [-0.3, -0.25) is 4.79 Å². The van der Waals surface area contributed by atoms with E-state index in [1.807, 2.05) is 19.1 Å². The molecule has 0 fully saturated rings. The van der Waals surface area contributed by atoms with Crippen LogP contribution in [0.1, 0.15) is 18.1 Å². The minimum absolute atomic E-state index is 0.223. The zero-order chi connectivity index (χ0) is 18.2. The zero-order valence-corrected chi connectivity index (χ0v) is 14.1. The predicted octanol–water partition coefficient (Wildman–Crippen LogP) is 2.76. The minimum Gasteiger partial charge on any atom is -0.482 e. The van der Waals surface area contributed by atoms with E-state index in [2.05, 4.69) is 5.32 Å². The smallest absolute Gasteiger partial charge is 0.344 e. The highest BCUT2D eigenvalue weighted by molar-refractivity contribution is 5.83. The summed E-state index contributed by atoms with van der Waals surface area (Å²) in [5.74, 6) is -0.819. The summed E-state index contributed by atoms with van der Waals surface area (Å²) < 4.78 is 23.2. The van der Waals surface area contributed by atoms with Crippen LogP contribution in [0.25, 0.3) is 0 Å². The molecular formula is C19H20FNO4. The van der Waals surface area contributed by atoms with Crippen LogP contribution in [0.5, 0.6) is 5.75 Å². The van der Waals surface area contributed by atoms with Crippen LogP contribution in [-0.4, -0.2) is 24.6 Å². The molecule has 2 rings (SSSR count). The van der Waals surface area contributed by atoms with Gasteiger partial charge in [0, 0.05) is 6.54 Å². The molecule has 2 aromatic rings. The van der Waals surface area contributed by atoms with Crippen molar-refractivity contribution in [3.8, 4) is 5.75 Å². The lowest BCUT2D eigenvalue weighted by Gasteiger charge is -2.14. The summed E-state index contributed by atoms with van der Waals surface area (Å²) in [6, 6.07) is 13.1. The van der Waals surface area contributed by atoms with Crippen LogP contribution < -0.4 is 10.1 Å². The summed E-state index contributed by atoms with van der Waals surface area (Å²) in [5, 5.41) is 2.63. The van der Waals surface area contributed by atoms with Crippen LogP contribution in [0.4, 0.5) is 4.39 Å². The normalized spacial score (nSPS) is 11.5. The van der Waals surface area contributed by atoms with Crippen molar-refractivity contribution in [3.05, 3.63) is 65.5 Å². The highest BCUT2D eigenvalue weighted by Gasteiger charge is 2.18. The number of para-hydroxylation sites is 1. The number of aryl methyl sites for hydroxylation is 1. The SMILES string of the molecule is Cc1ccccc1OCC(=O)OC(C)C(=O)NCc1ccc(F)cc1. The van der Waals surface area contributed by atoms with E-state index in [4.69, 9.17) is 9.47 Å². The van der Waals surface area contributed by atoms with Crippen LogP contribution in [-0.2, 0) is 20.9 Å². The van der Waals surface area contributed by atoms with Gasteiger partial charge in [0.25, 0.3) is 5.91 Å². The molecule has 6 heteroatoms. The first-order valence-corrected chi connectivity index (χ1v) is 7.86. The fourth-order valence-corrected chi connectivity index (χ4v) is 2.07. The van der Waals surface area contributed by atoms with Crippen molar-refractivity contribution >= 4 is 11.9 Å². The average Bonchev–Trinajstić information content (AvgIpc) is 2.60. The Kier molecular flexibility index (Phi) is 6.51. The Morgan fingerprint density at radius 1 is 1.12 bits per heavy atom. The summed E-state index contributed by atoms with van der Waals surface area (Å²) in [7, 11) is 0. The monoisotopic (exact) mass is 345 g/mol. The Bertz CT molecular complexity index is 730. The molecule has 0 spiro atoms. The van der Waals surface area contributed by atoms with Crippen molar-refractivity contribution in [1.82, 2.24) is 5.32 Å². The van der Waals surface area contributed by atoms with Gasteiger partial charge in [-0.1, -0.05) is 30.3 Å². The number of halogens is 1. The molecule has 0 aromatic heterocycles. The van der Waals surface area contributed by atoms with E-state index in [1.54, 1.807) is 24.3 Å². The maximum Gasteiger partial charge on any atom is 0.344 e. The van der Waals surface area contributed by atoms with Gasteiger partial charge in [-0.2, -0.15) is 0 Å². The van der Waals surface area contributed by atoms with Crippen molar-refractivity contribution in [1.29, 1.82) is 0 Å².